The lowest BCUT2D eigenvalue weighted by molar-refractivity contribution is -0.140. The molecule has 100 valence electrons. The van der Waals surface area contributed by atoms with E-state index in [9.17, 15) is 9.59 Å². The molecule has 8 heteroatoms. The van der Waals surface area contributed by atoms with E-state index in [-0.39, 0.29) is 6.04 Å². The summed E-state index contributed by atoms with van der Waals surface area (Å²) < 4.78 is 1.78. The number of nitrogens with zero attached hydrogens (tertiary/aromatic N) is 2. The lowest BCUT2D eigenvalue weighted by Gasteiger charge is -2.17. The quantitative estimate of drug-likeness (QED) is 0.522. The predicted molar refractivity (Wildman–Crippen MR) is 61.9 cm³/mol. The Morgan fingerprint density at radius 3 is 2.67 bits per heavy atom. The number of imidazole rings is 1. The Balaban J connectivity index is 2.37. The van der Waals surface area contributed by atoms with Crippen molar-refractivity contribution < 1.29 is 19.8 Å². The van der Waals surface area contributed by atoms with Gasteiger partial charge in [-0.15, -0.1) is 0 Å². The smallest absolute Gasteiger partial charge is 0.328 e. The fourth-order valence-electron chi connectivity index (χ4n) is 1.37. The zero-order valence-corrected chi connectivity index (χ0v) is 9.91. The van der Waals surface area contributed by atoms with Crippen molar-refractivity contribution in [2.75, 3.05) is 6.61 Å². The Kier molecular flexibility index (Phi) is 5.12. The number of rotatable bonds is 6. The maximum atomic E-state index is 11.4. The van der Waals surface area contributed by atoms with E-state index in [2.05, 4.69) is 15.6 Å². The molecule has 0 saturated heterocycles. The molecular formula is C10H16N4O4. The Morgan fingerprint density at radius 1 is 1.44 bits per heavy atom. The average molecular weight is 256 g/mol. The third-order valence-electron chi connectivity index (χ3n) is 2.21. The molecule has 8 nitrogen and oxygen atoms in total. The zero-order chi connectivity index (χ0) is 13.5. The second-order valence-electron chi connectivity index (χ2n) is 3.85. The maximum Gasteiger partial charge on any atom is 0.328 e. The molecule has 0 radical (unpaired) electrons. The molecule has 0 bridgehead atoms. The number of nitrogens with one attached hydrogen (secondary N) is 2. The number of aromatic nitrogens is 2. The Hall–Kier alpha value is -2.09. The van der Waals surface area contributed by atoms with Crippen LogP contribution in [-0.2, 0) is 11.3 Å². The van der Waals surface area contributed by atoms with Crippen molar-refractivity contribution in [2.24, 2.45) is 0 Å². The van der Waals surface area contributed by atoms with Gasteiger partial charge in [-0.05, 0) is 6.92 Å². The minimum Gasteiger partial charge on any atom is -0.480 e. The van der Waals surface area contributed by atoms with Crippen LogP contribution >= 0.6 is 0 Å². The summed E-state index contributed by atoms with van der Waals surface area (Å²) in [6.45, 7) is 1.64. The van der Waals surface area contributed by atoms with Gasteiger partial charge in [-0.1, -0.05) is 0 Å². The molecule has 1 unspecified atom stereocenters. The number of aliphatic hydroxyl groups excluding tert-OH is 1. The highest BCUT2D eigenvalue weighted by Crippen LogP contribution is 1.92. The molecule has 1 rings (SSSR count). The molecule has 2 atom stereocenters. The van der Waals surface area contributed by atoms with Crippen molar-refractivity contribution in [3.63, 3.8) is 0 Å². The number of carbonyl (C=O) groups is 2. The standard InChI is InChI=1S/C10H16N4O4/c1-7(4-14-3-2-11-6-14)12-10(18)13-8(5-15)9(16)17/h2-3,6-8,15H,4-5H2,1H3,(H,16,17)(H2,12,13,18)/t7?,8-/m1/s1. The number of carboxylic acid groups (broad SMARTS) is 1. The highest BCUT2D eigenvalue weighted by atomic mass is 16.4. The van der Waals surface area contributed by atoms with E-state index in [1.165, 1.54) is 0 Å². The third-order valence-corrected chi connectivity index (χ3v) is 2.21. The highest BCUT2D eigenvalue weighted by molar-refractivity contribution is 5.82. The van der Waals surface area contributed by atoms with Crippen molar-refractivity contribution >= 4 is 12.0 Å². The fourth-order valence-corrected chi connectivity index (χ4v) is 1.37. The topological polar surface area (TPSA) is 116 Å². The summed E-state index contributed by atoms with van der Waals surface area (Å²) in [6, 6.07) is -2.14. The van der Waals surface area contributed by atoms with Gasteiger partial charge in [-0.3, -0.25) is 0 Å². The molecule has 0 aliphatic heterocycles. The summed E-state index contributed by atoms with van der Waals surface area (Å²) >= 11 is 0. The predicted octanol–water partition coefficient (Wildman–Crippen LogP) is -0.984. The summed E-state index contributed by atoms with van der Waals surface area (Å²) in [7, 11) is 0. The number of urea groups is 1. The first kappa shape index (κ1) is 14.0. The van der Waals surface area contributed by atoms with Gasteiger partial charge in [-0.2, -0.15) is 0 Å². The van der Waals surface area contributed by atoms with E-state index >= 15 is 0 Å². The molecule has 0 fully saturated rings. The van der Waals surface area contributed by atoms with E-state index in [1.807, 2.05) is 0 Å². The van der Waals surface area contributed by atoms with Crippen molar-refractivity contribution in [3.8, 4) is 0 Å². The van der Waals surface area contributed by atoms with Gasteiger partial charge < -0.3 is 25.4 Å². The second kappa shape index (κ2) is 6.60. The van der Waals surface area contributed by atoms with Gasteiger partial charge in [-0.25, -0.2) is 14.6 Å². The number of amides is 2. The Morgan fingerprint density at radius 2 is 2.17 bits per heavy atom. The number of carboxylic acids is 1. The highest BCUT2D eigenvalue weighted by Gasteiger charge is 2.19. The van der Waals surface area contributed by atoms with Crippen molar-refractivity contribution in [2.45, 2.75) is 25.6 Å². The van der Waals surface area contributed by atoms with Crippen LogP contribution in [0.3, 0.4) is 0 Å². The fraction of sp³-hybridized carbons (Fsp3) is 0.500. The molecule has 1 aromatic rings. The van der Waals surface area contributed by atoms with Crippen LogP contribution in [0.25, 0.3) is 0 Å². The molecule has 1 heterocycles. The lowest BCUT2D eigenvalue weighted by Crippen LogP contribution is -2.50. The number of carbonyl (C=O) groups excluding carboxylic acids is 1. The number of aliphatic hydroxyl groups is 1. The van der Waals surface area contributed by atoms with Crippen LogP contribution in [0.1, 0.15) is 6.92 Å². The van der Waals surface area contributed by atoms with Crippen molar-refractivity contribution in [1.29, 1.82) is 0 Å². The van der Waals surface area contributed by atoms with Crippen LogP contribution in [0.4, 0.5) is 4.79 Å². The van der Waals surface area contributed by atoms with Gasteiger partial charge in [0.15, 0.2) is 6.04 Å². The molecule has 0 aromatic carbocycles. The summed E-state index contributed by atoms with van der Waals surface area (Å²) in [6.07, 6.45) is 4.99. The van der Waals surface area contributed by atoms with Crippen LogP contribution in [0, 0.1) is 0 Å². The summed E-state index contributed by atoms with van der Waals surface area (Å²) in [5.74, 6) is -1.28. The molecule has 0 spiro atoms. The van der Waals surface area contributed by atoms with E-state index in [4.69, 9.17) is 10.2 Å². The minimum atomic E-state index is -1.30. The first-order chi connectivity index (χ1) is 8.52. The number of aliphatic carboxylic acids is 1. The van der Waals surface area contributed by atoms with E-state index in [0.717, 1.165) is 0 Å². The summed E-state index contributed by atoms with van der Waals surface area (Å²) in [4.78, 5) is 25.9. The average Bonchev–Trinajstić information content (AvgIpc) is 2.77. The van der Waals surface area contributed by atoms with Crippen LogP contribution in [0.2, 0.25) is 0 Å². The molecule has 18 heavy (non-hydrogen) atoms. The van der Waals surface area contributed by atoms with Gasteiger partial charge >= 0.3 is 12.0 Å². The van der Waals surface area contributed by atoms with Crippen molar-refractivity contribution in [3.05, 3.63) is 18.7 Å². The Bertz CT molecular complexity index is 393. The second-order valence-corrected chi connectivity index (χ2v) is 3.85. The van der Waals surface area contributed by atoms with Gasteiger partial charge in [0, 0.05) is 25.0 Å². The molecule has 0 aliphatic rings. The lowest BCUT2D eigenvalue weighted by atomic mass is 10.3. The maximum absolute atomic E-state index is 11.4. The molecule has 4 N–H and O–H groups in total. The molecule has 1 aromatic heterocycles. The number of hydrogen-bond acceptors (Lipinski definition) is 4. The molecular weight excluding hydrogens is 240 g/mol. The normalized spacial score (nSPS) is 13.7. The SMILES string of the molecule is CC(Cn1ccnc1)NC(=O)N[C@H](CO)C(=O)O. The van der Waals surface area contributed by atoms with Crippen LogP contribution in [0.5, 0.6) is 0 Å². The number of hydrogen-bond donors (Lipinski definition) is 4. The molecule has 2 amide bonds. The minimum absolute atomic E-state index is 0.202. The van der Waals surface area contributed by atoms with Gasteiger partial charge in [0.25, 0.3) is 0 Å². The van der Waals surface area contributed by atoms with E-state index < -0.39 is 24.6 Å². The van der Waals surface area contributed by atoms with Crippen LogP contribution in [0.15, 0.2) is 18.7 Å². The van der Waals surface area contributed by atoms with Crippen LogP contribution < -0.4 is 10.6 Å². The van der Waals surface area contributed by atoms with Gasteiger partial charge in [0.1, 0.15) is 0 Å². The Labute approximate surface area is 104 Å². The summed E-state index contributed by atoms with van der Waals surface area (Å²) in [5.41, 5.74) is 0. The zero-order valence-electron chi connectivity index (χ0n) is 9.91. The van der Waals surface area contributed by atoms with Gasteiger partial charge in [0.2, 0.25) is 0 Å². The third kappa shape index (κ3) is 4.42. The van der Waals surface area contributed by atoms with E-state index in [0.29, 0.717) is 6.54 Å². The van der Waals surface area contributed by atoms with Crippen molar-refractivity contribution in [1.82, 2.24) is 20.2 Å². The molecule has 0 aliphatic carbocycles. The first-order valence-corrected chi connectivity index (χ1v) is 5.39. The van der Waals surface area contributed by atoms with Crippen LogP contribution in [-0.4, -0.2) is 50.5 Å². The monoisotopic (exact) mass is 256 g/mol. The molecule has 0 saturated carbocycles. The first-order valence-electron chi connectivity index (χ1n) is 5.39. The van der Waals surface area contributed by atoms with E-state index in [1.54, 1.807) is 30.2 Å². The largest absolute Gasteiger partial charge is 0.480 e. The van der Waals surface area contributed by atoms with Gasteiger partial charge in [0.05, 0.1) is 12.9 Å². The summed E-state index contributed by atoms with van der Waals surface area (Å²) in [5, 5.41) is 22.1.